The topological polar surface area (TPSA) is 180 Å². The molecular formula is C13H19N7O3S. The van der Waals surface area contributed by atoms with Crippen LogP contribution in [0.2, 0.25) is 0 Å². The maximum Gasteiger partial charge on any atom is 0.271 e. The van der Waals surface area contributed by atoms with Gasteiger partial charge in [-0.05, 0) is 12.5 Å². The molecule has 0 unspecified atom stereocenters. The van der Waals surface area contributed by atoms with E-state index in [9.17, 15) is 9.59 Å². The summed E-state index contributed by atoms with van der Waals surface area (Å²) in [6, 6.07) is -0.653. The number of carbonyl (C=O) groups is 2. The van der Waals surface area contributed by atoms with Crippen molar-refractivity contribution in [1.29, 1.82) is 5.41 Å². The number of rotatable bonds is 9. The first kappa shape index (κ1) is 19.4. The van der Waals surface area contributed by atoms with Gasteiger partial charge in [-0.25, -0.2) is 9.97 Å². The Morgan fingerprint density at radius 1 is 1.50 bits per heavy atom. The second-order valence-corrected chi connectivity index (χ2v) is 5.14. The molecule has 1 aromatic heterocycles. The number of aromatic nitrogens is 2. The van der Waals surface area contributed by atoms with Gasteiger partial charge < -0.3 is 32.6 Å². The third kappa shape index (κ3) is 5.52. The summed E-state index contributed by atoms with van der Waals surface area (Å²) in [5, 5.41) is 21.8. The summed E-state index contributed by atoms with van der Waals surface area (Å²) < 4.78 is 0. The molecule has 1 heterocycles. The van der Waals surface area contributed by atoms with Gasteiger partial charge in [0.15, 0.2) is 11.5 Å². The lowest BCUT2D eigenvalue weighted by molar-refractivity contribution is -0.118. The number of aliphatic hydroxyl groups is 1. The molecule has 2 amide bonds. The minimum atomic E-state index is -0.822. The third-order valence-corrected chi connectivity index (χ3v) is 3.05. The fourth-order valence-electron chi connectivity index (χ4n) is 1.65. The first-order chi connectivity index (χ1) is 11.3. The lowest BCUT2D eigenvalue weighted by Gasteiger charge is -2.15. The Morgan fingerprint density at radius 2 is 2.17 bits per heavy atom. The molecule has 0 aliphatic heterocycles. The lowest BCUT2D eigenvalue weighted by Crippen LogP contribution is -2.35. The maximum absolute atomic E-state index is 11.4. The molecule has 1 atom stereocenters. The van der Waals surface area contributed by atoms with Gasteiger partial charge in [-0.2, -0.15) is 0 Å². The quantitative estimate of drug-likeness (QED) is 0.229. The average molecular weight is 353 g/mol. The molecule has 0 aromatic carbocycles. The third-order valence-electron chi connectivity index (χ3n) is 2.81. The van der Waals surface area contributed by atoms with Gasteiger partial charge in [0.2, 0.25) is 5.91 Å². The number of amides is 2. The molecular weight excluding hydrogens is 334 g/mol. The molecule has 0 aliphatic carbocycles. The number of aliphatic hydroxyl groups excluding tert-OH is 1. The first-order valence-electron chi connectivity index (χ1n) is 6.87. The van der Waals surface area contributed by atoms with E-state index in [4.69, 9.17) is 22.0 Å². The second-order valence-electron chi connectivity index (χ2n) is 4.66. The highest BCUT2D eigenvalue weighted by atomic mass is 32.1. The molecule has 11 heteroatoms. The maximum atomic E-state index is 11.4. The lowest BCUT2D eigenvalue weighted by atomic mass is 10.2. The Hall–Kier alpha value is -2.66. The van der Waals surface area contributed by atoms with Crippen molar-refractivity contribution in [2.75, 3.05) is 17.2 Å². The smallest absolute Gasteiger partial charge is 0.271 e. The molecule has 1 aromatic rings. The summed E-state index contributed by atoms with van der Waals surface area (Å²) in [5.74, 6) is -1.19. The van der Waals surface area contributed by atoms with Crippen molar-refractivity contribution < 1.29 is 14.7 Å². The van der Waals surface area contributed by atoms with E-state index >= 15 is 0 Å². The zero-order chi connectivity index (χ0) is 18.3. The van der Waals surface area contributed by atoms with Crippen molar-refractivity contribution in [3.8, 4) is 0 Å². The fraction of sp³-hybridized carbons (Fsp3) is 0.308. The van der Waals surface area contributed by atoms with Gasteiger partial charge in [-0.15, -0.1) is 12.6 Å². The van der Waals surface area contributed by atoms with Crippen LogP contribution in [0.4, 0.5) is 11.6 Å². The largest absolute Gasteiger partial charge is 0.390 e. The van der Waals surface area contributed by atoms with Crippen LogP contribution in [-0.2, 0) is 4.79 Å². The summed E-state index contributed by atoms with van der Waals surface area (Å²) in [6.45, 7) is 1.29. The highest BCUT2D eigenvalue weighted by Gasteiger charge is 2.17. The van der Waals surface area contributed by atoms with Crippen LogP contribution in [0.1, 0.15) is 23.8 Å². The summed E-state index contributed by atoms with van der Waals surface area (Å²) in [4.78, 5) is 30.7. The summed E-state index contributed by atoms with van der Waals surface area (Å²) in [6.07, 6.45) is 2.91. The molecule has 0 saturated heterocycles. The number of primary amides is 2. The van der Waals surface area contributed by atoms with Crippen LogP contribution in [0, 0.1) is 5.41 Å². The van der Waals surface area contributed by atoms with Crippen molar-refractivity contribution >= 4 is 41.8 Å². The fourth-order valence-corrected chi connectivity index (χ4v) is 1.91. The van der Waals surface area contributed by atoms with Crippen LogP contribution >= 0.6 is 12.6 Å². The van der Waals surface area contributed by atoms with Gasteiger partial charge in [0.25, 0.3) is 5.91 Å². The molecule has 0 saturated carbocycles. The highest BCUT2D eigenvalue weighted by molar-refractivity contribution is 7.84. The summed E-state index contributed by atoms with van der Waals surface area (Å²) in [5.41, 5.74) is 10.2. The predicted octanol–water partition coefficient (Wildman–Crippen LogP) is -0.554. The Morgan fingerprint density at radius 3 is 2.67 bits per heavy atom. The standard InChI is InChI=1S/C13H19N7O3S/c1-2-7(11(15)22)18-8-4-17-10(12(16)23)13(19-8)20-9(24)3-6(14)5-21/h3-4,7,14,21,24H,2,5H2,1H3,(H2,15,22)(H2,16,23)(H2,18,19,20)/b9-3-,14-6?/t7-/m1/s1. The van der Waals surface area contributed by atoms with Crippen LogP contribution in [0.25, 0.3) is 0 Å². The Kier molecular flexibility index (Phi) is 7.14. The number of hydrogen-bond donors (Lipinski definition) is 7. The zero-order valence-electron chi connectivity index (χ0n) is 12.9. The molecule has 0 spiro atoms. The normalized spacial score (nSPS) is 12.4. The number of anilines is 2. The molecule has 24 heavy (non-hydrogen) atoms. The van der Waals surface area contributed by atoms with E-state index in [-0.39, 0.29) is 28.1 Å². The van der Waals surface area contributed by atoms with E-state index in [0.29, 0.717) is 6.42 Å². The number of carbonyl (C=O) groups excluding carboxylic acids is 2. The van der Waals surface area contributed by atoms with Gasteiger partial charge >= 0.3 is 0 Å². The van der Waals surface area contributed by atoms with E-state index < -0.39 is 24.5 Å². The van der Waals surface area contributed by atoms with Gasteiger partial charge in [0, 0.05) is 0 Å². The number of hydrogen-bond acceptors (Lipinski definition) is 9. The van der Waals surface area contributed by atoms with Crippen LogP contribution < -0.4 is 22.1 Å². The zero-order valence-corrected chi connectivity index (χ0v) is 13.8. The predicted molar refractivity (Wildman–Crippen MR) is 93.0 cm³/mol. The van der Waals surface area contributed by atoms with Gasteiger partial charge in [0.1, 0.15) is 11.9 Å². The molecule has 10 nitrogen and oxygen atoms in total. The summed E-state index contributed by atoms with van der Waals surface area (Å²) >= 11 is 4.09. The van der Waals surface area contributed by atoms with Crippen molar-refractivity contribution in [1.82, 2.24) is 9.97 Å². The van der Waals surface area contributed by atoms with Gasteiger partial charge in [-0.3, -0.25) is 9.59 Å². The number of nitrogens with two attached hydrogens (primary N) is 2. The Balaban J connectivity index is 3.13. The van der Waals surface area contributed by atoms with E-state index in [1.165, 1.54) is 12.3 Å². The van der Waals surface area contributed by atoms with Crippen LogP contribution in [-0.4, -0.2) is 45.2 Å². The molecule has 130 valence electrons. The number of nitrogens with one attached hydrogen (secondary N) is 3. The first-order valence-corrected chi connectivity index (χ1v) is 7.31. The Bertz CT molecular complexity index is 678. The van der Waals surface area contributed by atoms with Gasteiger partial charge in [-0.1, -0.05) is 6.92 Å². The molecule has 1 rings (SSSR count). The molecule has 8 N–H and O–H groups in total. The van der Waals surface area contributed by atoms with Crippen molar-refractivity contribution in [2.45, 2.75) is 19.4 Å². The average Bonchev–Trinajstić information content (AvgIpc) is 2.51. The van der Waals surface area contributed by atoms with Crippen molar-refractivity contribution in [2.24, 2.45) is 11.5 Å². The molecule has 0 bridgehead atoms. The SMILES string of the molecule is CC[C@@H](Nc1cnc(C(N)=O)c(N/C(S)=C/C(=N)CO)n1)C(N)=O. The van der Waals surface area contributed by atoms with Crippen LogP contribution in [0.3, 0.4) is 0 Å². The van der Waals surface area contributed by atoms with E-state index in [0.717, 1.165) is 0 Å². The van der Waals surface area contributed by atoms with Gasteiger partial charge in [0.05, 0.1) is 23.5 Å². The summed E-state index contributed by atoms with van der Waals surface area (Å²) in [7, 11) is 0. The minimum absolute atomic E-state index is 0.0150. The van der Waals surface area contributed by atoms with Crippen molar-refractivity contribution in [3.63, 3.8) is 0 Å². The molecule has 0 aliphatic rings. The highest BCUT2D eigenvalue weighted by Crippen LogP contribution is 2.17. The monoisotopic (exact) mass is 353 g/mol. The minimum Gasteiger partial charge on any atom is -0.390 e. The number of thiol groups is 1. The Labute approximate surface area is 143 Å². The van der Waals surface area contributed by atoms with E-state index in [1.807, 2.05) is 0 Å². The molecule has 0 fully saturated rings. The second kappa shape index (κ2) is 8.84. The number of nitrogens with zero attached hydrogens (tertiary/aromatic N) is 2. The van der Waals surface area contributed by atoms with Crippen LogP contribution in [0.15, 0.2) is 17.3 Å². The molecule has 0 radical (unpaired) electrons. The van der Waals surface area contributed by atoms with E-state index in [1.54, 1.807) is 6.92 Å². The van der Waals surface area contributed by atoms with E-state index in [2.05, 4.69) is 33.2 Å². The van der Waals surface area contributed by atoms with Crippen molar-refractivity contribution in [3.05, 3.63) is 23.0 Å². The van der Waals surface area contributed by atoms with Crippen LogP contribution in [0.5, 0.6) is 0 Å².